The van der Waals surface area contributed by atoms with Crippen molar-refractivity contribution in [2.24, 2.45) is 0 Å². The average molecular weight is 321 g/mol. The number of nitrogens with zero attached hydrogens (tertiary/aromatic N) is 1. The number of carbonyl (C=O) groups is 2. The van der Waals surface area contributed by atoms with Crippen molar-refractivity contribution in [3.8, 4) is 0 Å². The van der Waals surface area contributed by atoms with Crippen LogP contribution in [0.1, 0.15) is 24.0 Å². The molecule has 0 saturated carbocycles. The number of rotatable bonds is 7. The lowest BCUT2D eigenvalue weighted by Gasteiger charge is -2.23. The van der Waals surface area contributed by atoms with Gasteiger partial charge in [0.25, 0.3) is 0 Å². The van der Waals surface area contributed by atoms with Crippen molar-refractivity contribution in [2.45, 2.75) is 38.0 Å². The fraction of sp³-hybridized carbons (Fsp3) is 0.529. The number of hydrogen-bond acceptors (Lipinski definition) is 4. The topological polar surface area (TPSA) is 76.1 Å². The summed E-state index contributed by atoms with van der Waals surface area (Å²) in [6.07, 6.45) is 0.681. The van der Waals surface area contributed by atoms with Crippen LogP contribution in [0.3, 0.4) is 0 Å². The minimum absolute atomic E-state index is 0.0463. The number of ether oxygens (including phenoxy) is 2. The molecule has 2 atom stereocenters. The van der Waals surface area contributed by atoms with Crippen LogP contribution in [0.4, 0.5) is 0 Å². The van der Waals surface area contributed by atoms with Crippen LogP contribution in [-0.4, -0.2) is 54.8 Å². The van der Waals surface area contributed by atoms with E-state index in [0.717, 1.165) is 11.1 Å². The first-order valence-corrected chi connectivity index (χ1v) is 7.64. The number of benzene rings is 1. The molecule has 1 fully saturated rings. The van der Waals surface area contributed by atoms with Gasteiger partial charge in [-0.15, -0.1) is 0 Å². The van der Waals surface area contributed by atoms with Gasteiger partial charge in [-0.2, -0.15) is 0 Å². The van der Waals surface area contributed by atoms with E-state index in [1.165, 1.54) is 0 Å². The van der Waals surface area contributed by atoms with Gasteiger partial charge in [0.2, 0.25) is 5.91 Å². The molecule has 1 heterocycles. The molecule has 23 heavy (non-hydrogen) atoms. The molecule has 2 unspecified atom stereocenters. The van der Waals surface area contributed by atoms with Crippen molar-refractivity contribution in [1.82, 2.24) is 4.90 Å². The van der Waals surface area contributed by atoms with Gasteiger partial charge in [-0.1, -0.05) is 24.3 Å². The molecule has 1 amide bonds. The summed E-state index contributed by atoms with van der Waals surface area (Å²) in [5.74, 6) is -0.961. The highest BCUT2D eigenvalue weighted by atomic mass is 16.5. The quantitative estimate of drug-likeness (QED) is 0.823. The zero-order chi connectivity index (χ0) is 16.8. The van der Waals surface area contributed by atoms with Gasteiger partial charge >= 0.3 is 5.97 Å². The number of carboxylic acid groups (broad SMARTS) is 1. The van der Waals surface area contributed by atoms with E-state index in [1.807, 2.05) is 24.3 Å². The summed E-state index contributed by atoms with van der Waals surface area (Å²) in [7, 11) is 3.22. The van der Waals surface area contributed by atoms with Crippen LogP contribution in [0.15, 0.2) is 24.3 Å². The van der Waals surface area contributed by atoms with Crippen molar-refractivity contribution < 1.29 is 24.2 Å². The predicted octanol–water partition coefficient (Wildman–Crippen LogP) is 1.47. The van der Waals surface area contributed by atoms with E-state index in [9.17, 15) is 9.59 Å². The van der Waals surface area contributed by atoms with E-state index in [0.29, 0.717) is 19.6 Å². The van der Waals surface area contributed by atoms with Gasteiger partial charge in [-0.3, -0.25) is 9.59 Å². The highest BCUT2D eigenvalue weighted by Gasteiger charge is 2.36. The summed E-state index contributed by atoms with van der Waals surface area (Å²) in [5.41, 5.74) is 1.91. The van der Waals surface area contributed by atoms with E-state index in [-0.39, 0.29) is 30.9 Å². The van der Waals surface area contributed by atoms with Crippen LogP contribution in [-0.2, 0) is 32.1 Å². The Morgan fingerprint density at radius 3 is 2.70 bits per heavy atom. The zero-order valence-electron chi connectivity index (χ0n) is 13.5. The number of hydrogen-bond donors (Lipinski definition) is 1. The van der Waals surface area contributed by atoms with Crippen molar-refractivity contribution in [3.05, 3.63) is 35.4 Å². The second kappa shape index (κ2) is 8.08. The predicted molar refractivity (Wildman–Crippen MR) is 84.0 cm³/mol. The van der Waals surface area contributed by atoms with Crippen LogP contribution < -0.4 is 0 Å². The van der Waals surface area contributed by atoms with Gasteiger partial charge in [0.1, 0.15) is 0 Å². The van der Waals surface area contributed by atoms with Gasteiger partial charge in [0, 0.05) is 26.8 Å². The van der Waals surface area contributed by atoms with Crippen LogP contribution in [0.5, 0.6) is 0 Å². The Labute approximate surface area is 136 Å². The Hall–Kier alpha value is -1.92. The lowest BCUT2D eigenvalue weighted by molar-refractivity contribution is -0.139. The maximum absolute atomic E-state index is 12.6. The molecule has 0 radical (unpaired) electrons. The molecule has 0 aromatic heterocycles. The van der Waals surface area contributed by atoms with Gasteiger partial charge in [0.05, 0.1) is 25.6 Å². The molecule has 0 bridgehead atoms. The highest BCUT2D eigenvalue weighted by molar-refractivity contribution is 5.80. The number of methoxy groups -OCH3 is 2. The minimum atomic E-state index is -0.897. The molecule has 1 aliphatic heterocycles. The third-order valence-corrected chi connectivity index (χ3v) is 4.10. The van der Waals surface area contributed by atoms with E-state index in [2.05, 4.69) is 0 Å². The SMILES string of the molecule is COCc1cccc(CC(=O)N2CC(OC)CC2CC(=O)O)c1. The molecule has 2 rings (SSSR count). The molecular formula is C17H23NO5. The monoisotopic (exact) mass is 321 g/mol. The standard InChI is InChI=1S/C17H23NO5/c1-22-11-13-5-3-4-12(6-13)7-16(19)18-10-15(23-2)8-14(18)9-17(20)21/h3-6,14-15H,7-11H2,1-2H3,(H,20,21). The normalized spacial score (nSPS) is 20.7. The van der Waals surface area contributed by atoms with E-state index in [4.69, 9.17) is 14.6 Å². The van der Waals surface area contributed by atoms with Crippen molar-refractivity contribution in [3.63, 3.8) is 0 Å². The number of likely N-dealkylation sites (tertiary alicyclic amines) is 1. The van der Waals surface area contributed by atoms with E-state index in [1.54, 1.807) is 19.1 Å². The van der Waals surface area contributed by atoms with Crippen molar-refractivity contribution in [1.29, 1.82) is 0 Å². The lowest BCUT2D eigenvalue weighted by atomic mass is 10.1. The van der Waals surface area contributed by atoms with Crippen molar-refractivity contribution in [2.75, 3.05) is 20.8 Å². The molecule has 1 aromatic rings. The molecule has 6 nitrogen and oxygen atoms in total. The fourth-order valence-corrected chi connectivity index (χ4v) is 3.02. The summed E-state index contributed by atoms with van der Waals surface area (Å²) in [6, 6.07) is 7.38. The second-order valence-electron chi connectivity index (χ2n) is 5.82. The van der Waals surface area contributed by atoms with Gasteiger partial charge in [-0.25, -0.2) is 0 Å². The molecule has 1 saturated heterocycles. The second-order valence-corrected chi connectivity index (χ2v) is 5.82. The van der Waals surface area contributed by atoms with Crippen molar-refractivity contribution >= 4 is 11.9 Å². The molecule has 0 aliphatic carbocycles. The molecule has 126 valence electrons. The van der Waals surface area contributed by atoms with E-state index >= 15 is 0 Å². The molecular weight excluding hydrogens is 298 g/mol. The number of carboxylic acids is 1. The molecule has 0 spiro atoms. The van der Waals surface area contributed by atoms with Crippen LogP contribution in [0.2, 0.25) is 0 Å². The summed E-state index contributed by atoms with van der Waals surface area (Å²) >= 11 is 0. The first kappa shape index (κ1) is 17.4. The first-order valence-electron chi connectivity index (χ1n) is 7.64. The molecule has 6 heteroatoms. The molecule has 1 N–H and O–H groups in total. The van der Waals surface area contributed by atoms with Crippen LogP contribution in [0.25, 0.3) is 0 Å². The zero-order valence-corrected chi connectivity index (χ0v) is 13.5. The maximum atomic E-state index is 12.6. The van der Waals surface area contributed by atoms with Gasteiger partial charge in [0.15, 0.2) is 0 Å². The smallest absolute Gasteiger partial charge is 0.305 e. The Bertz CT molecular complexity index is 560. The van der Waals surface area contributed by atoms with E-state index < -0.39 is 5.97 Å². The number of carbonyl (C=O) groups excluding carboxylic acids is 1. The Morgan fingerprint density at radius 1 is 1.30 bits per heavy atom. The average Bonchev–Trinajstić information content (AvgIpc) is 2.90. The molecule has 1 aliphatic rings. The third kappa shape index (κ3) is 4.77. The Morgan fingerprint density at radius 2 is 2.04 bits per heavy atom. The summed E-state index contributed by atoms with van der Waals surface area (Å²) in [6.45, 7) is 0.949. The minimum Gasteiger partial charge on any atom is -0.481 e. The Kier molecular flexibility index (Phi) is 6.12. The molecule has 1 aromatic carbocycles. The summed E-state index contributed by atoms with van der Waals surface area (Å²) in [5, 5.41) is 9.02. The summed E-state index contributed by atoms with van der Waals surface area (Å²) in [4.78, 5) is 25.2. The van der Waals surface area contributed by atoms with Gasteiger partial charge < -0.3 is 19.5 Å². The van der Waals surface area contributed by atoms with Gasteiger partial charge in [-0.05, 0) is 17.5 Å². The number of aliphatic carboxylic acids is 1. The Balaban J connectivity index is 2.05. The lowest BCUT2D eigenvalue weighted by Crippen LogP contribution is -2.38. The summed E-state index contributed by atoms with van der Waals surface area (Å²) < 4.78 is 10.4. The highest BCUT2D eigenvalue weighted by Crippen LogP contribution is 2.24. The van der Waals surface area contributed by atoms with Crippen LogP contribution in [0, 0.1) is 0 Å². The number of amides is 1. The first-order chi connectivity index (χ1) is 11.0. The van der Waals surface area contributed by atoms with Crippen LogP contribution >= 0.6 is 0 Å². The fourth-order valence-electron chi connectivity index (χ4n) is 3.02. The third-order valence-electron chi connectivity index (χ3n) is 4.10. The largest absolute Gasteiger partial charge is 0.481 e. The maximum Gasteiger partial charge on any atom is 0.305 e.